The Kier molecular flexibility index (Phi) is 7.02. The van der Waals surface area contributed by atoms with E-state index in [0.29, 0.717) is 40.7 Å². The van der Waals surface area contributed by atoms with E-state index in [9.17, 15) is 9.59 Å². The largest absolute Gasteiger partial charge is 0.495 e. The SMILES string of the molecule is COCCN1C(=O)c2ccccc2[C@@H](C(=O)Nc2cc(C)c(Cl)cc2OC)[C@H]1c1cccs1. The third-order valence-corrected chi connectivity index (χ3v) is 7.18. The standard InChI is InChI=1S/C25H25ClN2O4S/c1-15-13-19(20(32-3)14-18(15)26)27-24(29)22-16-7-4-5-8-17(16)25(30)28(10-11-31-2)23(22)21-9-6-12-33-21/h4-9,12-14,22-23H,10-11H2,1-3H3,(H,27,29)/t22-,23-/m1/s1. The van der Waals surface area contributed by atoms with E-state index in [2.05, 4.69) is 5.32 Å². The van der Waals surface area contributed by atoms with Gasteiger partial charge in [-0.1, -0.05) is 35.9 Å². The van der Waals surface area contributed by atoms with Crippen LogP contribution in [0.2, 0.25) is 5.02 Å². The predicted molar refractivity (Wildman–Crippen MR) is 131 cm³/mol. The van der Waals surface area contributed by atoms with E-state index >= 15 is 0 Å². The summed E-state index contributed by atoms with van der Waals surface area (Å²) in [4.78, 5) is 30.0. The molecule has 0 spiro atoms. The number of carbonyl (C=O) groups excluding carboxylic acids is 2. The summed E-state index contributed by atoms with van der Waals surface area (Å²) < 4.78 is 10.7. The lowest BCUT2D eigenvalue weighted by molar-refractivity contribution is -0.119. The van der Waals surface area contributed by atoms with Gasteiger partial charge < -0.3 is 19.7 Å². The Bertz CT molecular complexity index is 1170. The summed E-state index contributed by atoms with van der Waals surface area (Å²) in [5.74, 6) is -0.473. The van der Waals surface area contributed by atoms with Crippen LogP contribution in [-0.4, -0.2) is 44.1 Å². The fourth-order valence-electron chi connectivity index (χ4n) is 4.23. The molecule has 2 aromatic carbocycles. The van der Waals surface area contributed by atoms with Crippen LogP contribution in [0.5, 0.6) is 5.75 Å². The lowest BCUT2D eigenvalue weighted by atomic mass is 9.81. The number of amides is 2. The minimum atomic E-state index is -0.616. The first-order valence-corrected chi connectivity index (χ1v) is 11.8. The molecule has 0 radical (unpaired) electrons. The van der Waals surface area contributed by atoms with Gasteiger partial charge in [0.1, 0.15) is 5.75 Å². The molecule has 0 saturated carbocycles. The molecule has 33 heavy (non-hydrogen) atoms. The quantitative estimate of drug-likeness (QED) is 0.495. The van der Waals surface area contributed by atoms with Crippen molar-refractivity contribution in [3.63, 3.8) is 0 Å². The molecule has 3 aromatic rings. The van der Waals surface area contributed by atoms with Gasteiger partial charge in [0.15, 0.2) is 0 Å². The molecule has 172 valence electrons. The first-order valence-electron chi connectivity index (χ1n) is 10.5. The number of nitrogens with zero attached hydrogens (tertiary/aromatic N) is 1. The van der Waals surface area contributed by atoms with Crippen LogP contribution in [0.3, 0.4) is 0 Å². The molecule has 2 heterocycles. The number of thiophene rings is 1. The summed E-state index contributed by atoms with van der Waals surface area (Å²) in [5.41, 5.74) is 2.59. The van der Waals surface area contributed by atoms with Crippen LogP contribution in [0.25, 0.3) is 0 Å². The molecular weight excluding hydrogens is 460 g/mol. The van der Waals surface area contributed by atoms with Gasteiger partial charge in [0, 0.05) is 35.2 Å². The second-order valence-electron chi connectivity index (χ2n) is 7.81. The van der Waals surface area contributed by atoms with Crippen LogP contribution in [0, 0.1) is 6.92 Å². The van der Waals surface area contributed by atoms with Crippen molar-refractivity contribution in [1.82, 2.24) is 4.90 Å². The number of methoxy groups -OCH3 is 2. The van der Waals surface area contributed by atoms with E-state index in [4.69, 9.17) is 21.1 Å². The average Bonchev–Trinajstić information content (AvgIpc) is 3.35. The highest BCUT2D eigenvalue weighted by atomic mass is 35.5. The summed E-state index contributed by atoms with van der Waals surface area (Å²) >= 11 is 7.77. The van der Waals surface area contributed by atoms with Crippen LogP contribution in [-0.2, 0) is 9.53 Å². The van der Waals surface area contributed by atoms with Gasteiger partial charge in [0.2, 0.25) is 5.91 Å². The third-order valence-electron chi connectivity index (χ3n) is 5.83. The van der Waals surface area contributed by atoms with Gasteiger partial charge in [0.25, 0.3) is 5.91 Å². The van der Waals surface area contributed by atoms with Gasteiger partial charge in [-0.25, -0.2) is 0 Å². The van der Waals surface area contributed by atoms with E-state index in [1.807, 2.05) is 42.6 Å². The first kappa shape index (κ1) is 23.3. The molecule has 1 N–H and O–H groups in total. The monoisotopic (exact) mass is 484 g/mol. The number of aryl methyl sites for hydroxylation is 1. The fraction of sp³-hybridized carbons (Fsp3) is 0.280. The minimum Gasteiger partial charge on any atom is -0.495 e. The van der Waals surface area contributed by atoms with Gasteiger partial charge in [-0.15, -0.1) is 11.3 Å². The van der Waals surface area contributed by atoms with E-state index in [1.165, 1.54) is 18.4 Å². The second-order valence-corrected chi connectivity index (χ2v) is 9.19. The Labute approximate surface area is 202 Å². The molecule has 0 bridgehead atoms. The molecular formula is C25H25ClN2O4S. The van der Waals surface area contributed by atoms with E-state index in [0.717, 1.165) is 10.4 Å². The molecule has 2 atom stereocenters. The summed E-state index contributed by atoms with van der Waals surface area (Å²) in [7, 11) is 3.13. The van der Waals surface area contributed by atoms with Gasteiger partial charge >= 0.3 is 0 Å². The molecule has 0 aliphatic carbocycles. The van der Waals surface area contributed by atoms with Crippen molar-refractivity contribution in [2.45, 2.75) is 18.9 Å². The number of ether oxygens (including phenoxy) is 2. The molecule has 0 saturated heterocycles. The Morgan fingerprint density at radius 1 is 1.18 bits per heavy atom. The van der Waals surface area contributed by atoms with Gasteiger partial charge in [-0.2, -0.15) is 0 Å². The molecule has 1 aromatic heterocycles. The number of hydrogen-bond acceptors (Lipinski definition) is 5. The van der Waals surface area contributed by atoms with Gasteiger partial charge in [-0.05, 0) is 41.6 Å². The summed E-state index contributed by atoms with van der Waals surface area (Å²) in [6, 6.07) is 14.2. The lowest BCUT2D eigenvalue weighted by Gasteiger charge is -2.41. The third kappa shape index (κ3) is 4.49. The lowest BCUT2D eigenvalue weighted by Crippen LogP contribution is -2.47. The number of benzene rings is 2. The summed E-state index contributed by atoms with van der Waals surface area (Å²) in [5, 5.41) is 5.55. The minimum absolute atomic E-state index is 0.106. The maximum atomic E-state index is 13.9. The normalized spacial score (nSPS) is 17.6. The second kappa shape index (κ2) is 9.95. The number of anilines is 1. The Morgan fingerprint density at radius 3 is 2.67 bits per heavy atom. The van der Waals surface area contributed by atoms with Crippen LogP contribution in [0.4, 0.5) is 5.69 Å². The number of hydrogen-bond donors (Lipinski definition) is 1. The number of fused-ring (bicyclic) bond motifs is 1. The first-order chi connectivity index (χ1) is 16.0. The van der Waals surface area contributed by atoms with Crippen LogP contribution < -0.4 is 10.1 Å². The zero-order chi connectivity index (χ0) is 23.5. The van der Waals surface area contributed by atoms with Crippen molar-refractivity contribution >= 4 is 40.4 Å². The number of nitrogens with one attached hydrogen (secondary N) is 1. The molecule has 1 aliphatic heterocycles. The number of carbonyl (C=O) groups is 2. The smallest absolute Gasteiger partial charge is 0.254 e. The maximum absolute atomic E-state index is 13.9. The molecule has 0 unspecified atom stereocenters. The van der Waals surface area contributed by atoms with Crippen molar-refractivity contribution in [3.05, 3.63) is 80.5 Å². The van der Waals surface area contributed by atoms with Crippen molar-refractivity contribution in [1.29, 1.82) is 0 Å². The summed E-state index contributed by atoms with van der Waals surface area (Å²) in [6.07, 6.45) is 0. The number of rotatable bonds is 7. The Hall–Kier alpha value is -2.87. The highest BCUT2D eigenvalue weighted by molar-refractivity contribution is 7.10. The zero-order valence-electron chi connectivity index (χ0n) is 18.6. The number of halogens is 1. The van der Waals surface area contributed by atoms with E-state index < -0.39 is 12.0 Å². The van der Waals surface area contributed by atoms with Crippen molar-refractivity contribution < 1.29 is 19.1 Å². The average molecular weight is 485 g/mol. The molecule has 1 aliphatic rings. The van der Waals surface area contributed by atoms with Crippen LogP contribution >= 0.6 is 22.9 Å². The van der Waals surface area contributed by atoms with Crippen molar-refractivity contribution in [2.75, 3.05) is 32.7 Å². The molecule has 6 nitrogen and oxygen atoms in total. The van der Waals surface area contributed by atoms with Gasteiger partial charge in [-0.3, -0.25) is 9.59 Å². The van der Waals surface area contributed by atoms with E-state index in [-0.39, 0.29) is 11.8 Å². The van der Waals surface area contributed by atoms with Crippen LogP contribution in [0.15, 0.2) is 53.9 Å². The predicted octanol–water partition coefficient (Wildman–Crippen LogP) is 5.28. The zero-order valence-corrected chi connectivity index (χ0v) is 20.2. The van der Waals surface area contributed by atoms with Crippen molar-refractivity contribution in [3.8, 4) is 5.75 Å². The van der Waals surface area contributed by atoms with Crippen LogP contribution in [0.1, 0.15) is 38.3 Å². The molecule has 4 rings (SSSR count). The molecule has 2 amide bonds. The van der Waals surface area contributed by atoms with E-state index in [1.54, 1.807) is 30.2 Å². The highest BCUT2D eigenvalue weighted by Crippen LogP contribution is 2.45. The highest BCUT2D eigenvalue weighted by Gasteiger charge is 2.44. The Morgan fingerprint density at radius 2 is 1.97 bits per heavy atom. The summed E-state index contributed by atoms with van der Waals surface area (Å²) in [6.45, 7) is 2.61. The fourth-order valence-corrected chi connectivity index (χ4v) is 5.25. The topological polar surface area (TPSA) is 67.9 Å². The molecule has 8 heteroatoms. The Balaban J connectivity index is 1.81. The van der Waals surface area contributed by atoms with Crippen molar-refractivity contribution in [2.24, 2.45) is 0 Å². The molecule has 0 fully saturated rings. The maximum Gasteiger partial charge on any atom is 0.254 e. The van der Waals surface area contributed by atoms with Gasteiger partial charge in [0.05, 0.1) is 31.4 Å².